The van der Waals surface area contributed by atoms with Crippen LogP contribution >= 0.6 is 11.3 Å². The van der Waals surface area contributed by atoms with Crippen LogP contribution in [0.3, 0.4) is 0 Å². The Balaban J connectivity index is 2.00. The van der Waals surface area contributed by atoms with Crippen molar-refractivity contribution in [2.24, 2.45) is 5.10 Å². The fourth-order valence-electron chi connectivity index (χ4n) is 1.72. The maximum Gasteiger partial charge on any atom is 0.357 e. The lowest BCUT2D eigenvalue weighted by atomic mass is 10.2. The molecule has 7 nitrogen and oxygen atoms in total. The third-order valence-electron chi connectivity index (χ3n) is 2.77. The van der Waals surface area contributed by atoms with Gasteiger partial charge in [0.05, 0.1) is 27.0 Å². The van der Waals surface area contributed by atoms with Crippen molar-refractivity contribution in [3.05, 3.63) is 34.8 Å². The minimum atomic E-state index is -0.444. The first-order valence-electron chi connectivity index (χ1n) is 6.81. The first-order valence-corrected chi connectivity index (χ1v) is 7.69. The van der Waals surface area contributed by atoms with Gasteiger partial charge in [0.1, 0.15) is 0 Å². The number of anilines is 1. The molecular weight excluding hydrogens is 318 g/mol. The second kappa shape index (κ2) is 8.14. The van der Waals surface area contributed by atoms with Crippen LogP contribution in [-0.4, -0.2) is 38.0 Å². The monoisotopic (exact) mass is 335 g/mol. The largest absolute Gasteiger partial charge is 0.493 e. The van der Waals surface area contributed by atoms with Gasteiger partial charge in [0, 0.05) is 5.38 Å². The summed E-state index contributed by atoms with van der Waals surface area (Å²) in [6.45, 7) is 2.06. The van der Waals surface area contributed by atoms with Gasteiger partial charge in [-0.25, -0.2) is 9.78 Å². The van der Waals surface area contributed by atoms with Crippen molar-refractivity contribution in [3.63, 3.8) is 0 Å². The van der Waals surface area contributed by atoms with E-state index in [9.17, 15) is 4.79 Å². The molecule has 1 aromatic carbocycles. The summed E-state index contributed by atoms with van der Waals surface area (Å²) in [6.07, 6.45) is 1.62. The van der Waals surface area contributed by atoms with Gasteiger partial charge in [-0.1, -0.05) is 0 Å². The van der Waals surface area contributed by atoms with Crippen molar-refractivity contribution in [3.8, 4) is 11.5 Å². The molecule has 0 amide bonds. The number of methoxy groups -OCH3 is 2. The van der Waals surface area contributed by atoms with E-state index in [1.165, 1.54) is 11.3 Å². The summed E-state index contributed by atoms with van der Waals surface area (Å²) < 4.78 is 15.3. The van der Waals surface area contributed by atoms with Crippen LogP contribution in [0.25, 0.3) is 0 Å². The summed E-state index contributed by atoms with van der Waals surface area (Å²) in [5.74, 6) is 0.826. The van der Waals surface area contributed by atoms with E-state index in [4.69, 9.17) is 14.2 Å². The number of hydrogen-bond donors (Lipinski definition) is 1. The van der Waals surface area contributed by atoms with Gasteiger partial charge in [-0.15, -0.1) is 11.3 Å². The zero-order valence-electron chi connectivity index (χ0n) is 13.0. The molecule has 0 bridgehead atoms. The Morgan fingerprint density at radius 1 is 1.35 bits per heavy atom. The Labute approximate surface area is 137 Å². The highest BCUT2D eigenvalue weighted by atomic mass is 32.1. The molecule has 1 aromatic heterocycles. The molecule has 1 N–H and O–H groups in total. The van der Waals surface area contributed by atoms with E-state index in [-0.39, 0.29) is 5.69 Å². The predicted octanol–water partition coefficient (Wildman–Crippen LogP) is 2.78. The average Bonchev–Trinajstić information content (AvgIpc) is 3.04. The summed E-state index contributed by atoms with van der Waals surface area (Å²) in [7, 11) is 3.15. The Kier molecular flexibility index (Phi) is 5.93. The molecule has 0 aliphatic carbocycles. The Hall–Kier alpha value is -2.61. The van der Waals surface area contributed by atoms with Gasteiger partial charge >= 0.3 is 5.97 Å². The van der Waals surface area contributed by atoms with Gasteiger partial charge in [0.2, 0.25) is 5.13 Å². The zero-order chi connectivity index (χ0) is 16.7. The van der Waals surface area contributed by atoms with Crippen LogP contribution in [0.5, 0.6) is 11.5 Å². The molecule has 0 radical (unpaired) electrons. The topological polar surface area (TPSA) is 82.0 Å². The minimum absolute atomic E-state index is 0.265. The number of hydrazone groups is 1. The molecule has 8 heteroatoms. The molecule has 23 heavy (non-hydrogen) atoms. The molecule has 0 aliphatic rings. The number of aromatic nitrogens is 1. The van der Waals surface area contributed by atoms with E-state index >= 15 is 0 Å². The number of thiazole rings is 1. The van der Waals surface area contributed by atoms with Crippen LogP contribution in [0.4, 0.5) is 5.13 Å². The van der Waals surface area contributed by atoms with E-state index in [2.05, 4.69) is 15.5 Å². The third-order valence-corrected chi connectivity index (χ3v) is 3.52. The summed E-state index contributed by atoms with van der Waals surface area (Å²) in [6, 6.07) is 5.44. The molecule has 2 rings (SSSR count). The van der Waals surface area contributed by atoms with Crippen molar-refractivity contribution in [2.75, 3.05) is 26.3 Å². The predicted molar refractivity (Wildman–Crippen MR) is 88.8 cm³/mol. The average molecular weight is 335 g/mol. The first-order chi connectivity index (χ1) is 11.2. The number of hydrogen-bond acceptors (Lipinski definition) is 8. The lowest BCUT2D eigenvalue weighted by molar-refractivity contribution is 0.0520. The van der Waals surface area contributed by atoms with Gasteiger partial charge in [-0.3, -0.25) is 5.43 Å². The molecule has 0 saturated heterocycles. The summed E-state index contributed by atoms with van der Waals surface area (Å²) >= 11 is 1.27. The van der Waals surface area contributed by atoms with Crippen molar-refractivity contribution < 1.29 is 19.0 Å². The second-order valence-electron chi connectivity index (χ2n) is 4.24. The first kappa shape index (κ1) is 16.8. The molecule has 2 aromatic rings. The Morgan fingerprint density at radius 2 is 2.13 bits per heavy atom. The lowest BCUT2D eigenvalue weighted by Crippen LogP contribution is -2.04. The van der Waals surface area contributed by atoms with Crippen LogP contribution in [0.1, 0.15) is 23.0 Å². The van der Waals surface area contributed by atoms with E-state index < -0.39 is 5.97 Å². The molecule has 122 valence electrons. The fourth-order valence-corrected chi connectivity index (χ4v) is 2.35. The third kappa shape index (κ3) is 4.43. The summed E-state index contributed by atoms with van der Waals surface area (Å²) in [4.78, 5) is 15.6. The van der Waals surface area contributed by atoms with E-state index in [0.717, 1.165) is 5.56 Å². The van der Waals surface area contributed by atoms with Crippen molar-refractivity contribution in [2.45, 2.75) is 6.92 Å². The molecule has 0 aliphatic heterocycles. The number of carbonyl (C=O) groups excluding carboxylic acids is 1. The van der Waals surface area contributed by atoms with Gasteiger partial charge in [-0.2, -0.15) is 5.10 Å². The number of benzene rings is 1. The van der Waals surface area contributed by atoms with E-state index in [1.807, 2.05) is 6.07 Å². The van der Waals surface area contributed by atoms with Crippen molar-refractivity contribution in [1.82, 2.24) is 4.98 Å². The van der Waals surface area contributed by atoms with Crippen LogP contribution in [0.15, 0.2) is 28.7 Å². The maximum atomic E-state index is 11.5. The summed E-state index contributed by atoms with van der Waals surface area (Å²) in [5, 5.41) is 6.21. The molecule has 0 saturated carbocycles. The normalized spacial score (nSPS) is 10.6. The van der Waals surface area contributed by atoms with E-state index in [1.54, 1.807) is 44.9 Å². The van der Waals surface area contributed by atoms with Crippen molar-refractivity contribution in [1.29, 1.82) is 0 Å². The second-order valence-corrected chi connectivity index (χ2v) is 5.10. The number of rotatable bonds is 7. The Morgan fingerprint density at radius 3 is 2.83 bits per heavy atom. The Bertz CT molecular complexity index is 700. The number of nitrogens with one attached hydrogen (secondary N) is 1. The van der Waals surface area contributed by atoms with Crippen LogP contribution in [0, 0.1) is 0 Å². The number of esters is 1. The number of nitrogens with zero attached hydrogens (tertiary/aromatic N) is 2. The highest BCUT2D eigenvalue weighted by Crippen LogP contribution is 2.26. The van der Waals surface area contributed by atoms with Gasteiger partial charge in [0.25, 0.3) is 0 Å². The molecule has 0 unspecified atom stereocenters. The number of carbonyl (C=O) groups is 1. The molecule has 1 heterocycles. The standard InChI is InChI=1S/C15H17N3O4S/c1-4-22-14(19)11-9-23-15(17-11)18-16-8-10-5-6-12(20-2)13(7-10)21-3/h5-9H,4H2,1-3H3,(H,17,18). The van der Waals surface area contributed by atoms with Gasteiger partial charge < -0.3 is 14.2 Å². The minimum Gasteiger partial charge on any atom is -0.493 e. The molecular formula is C15H17N3O4S. The highest BCUT2D eigenvalue weighted by molar-refractivity contribution is 7.13. The molecule has 0 atom stereocenters. The van der Waals surface area contributed by atoms with Crippen molar-refractivity contribution >= 4 is 28.7 Å². The van der Waals surface area contributed by atoms with Crippen LogP contribution < -0.4 is 14.9 Å². The zero-order valence-corrected chi connectivity index (χ0v) is 13.8. The van der Waals surface area contributed by atoms with Crippen LogP contribution in [-0.2, 0) is 4.74 Å². The SMILES string of the molecule is CCOC(=O)c1csc(NN=Cc2ccc(OC)c(OC)c2)n1. The smallest absolute Gasteiger partial charge is 0.357 e. The van der Waals surface area contributed by atoms with E-state index in [0.29, 0.717) is 23.2 Å². The number of ether oxygens (including phenoxy) is 3. The quantitative estimate of drug-likeness (QED) is 0.476. The molecule has 0 fully saturated rings. The fraction of sp³-hybridized carbons (Fsp3) is 0.267. The lowest BCUT2D eigenvalue weighted by Gasteiger charge is -2.07. The van der Waals surface area contributed by atoms with Crippen LogP contribution in [0.2, 0.25) is 0 Å². The van der Waals surface area contributed by atoms with Gasteiger partial charge in [0.15, 0.2) is 17.2 Å². The maximum absolute atomic E-state index is 11.5. The highest BCUT2D eigenvalue weighted by Gasteiger charge is 2.10. The molecule has 0 spiro atoms. The van der Waals surface area contributed by atoms with Gasteiger partial charge in [-0.05, 0) is 30.7 Å². The summed E-state index contributed by atoms with van der Waals surface area (Å²) in [5.41, 5.74) is 3.87.